The second-order valence-corrected chi connectivity index (χ2v) is 6.14. The van der Waals surface area contributed by atoms with E-state index in [1.807, 2.05) is 0 Å². The second-order valence-electron chi connectivity index (χ2n) is 6.14. The Morgan fingerprint density at radius 2 is 2.00 bits per heavy atom. The van der Waals surface area contributed by atoms with Gasteiger partial charge in [-0.1, -0.05) is 6.07 Å². The highest BCUT2D eigenvalue weighted by Crippen LogP contribution is 2.24. The Labute approximate surface area is 155 Å². The maximum Gasteiger partial charge on any atom is 0.405 e. The van der Waals surface area contributed by atoms with E-state index >= 15 is 0 Å². The molecule has 1 aromatic carbocycles. The van der Waals surface area contributed by atoms with E-state index < -0.39 is 30.6 Å². The molecule has 1 heterocycles. The van der Waals surface area contributed by atoms with Gasteiger partial charge >= 0.3 is 6.18 Å². The summed E-state index contributed by atoms with van der Waals surface area (Å²) in [6.07, 6.45) is -4.52. The Morgan fingerprint density at radius 1 is 1.30 bits per heavy atom. The summed E-state index contributed by atoms with van der Waals surface area (Å²) in [6, 6.07) is 4.42. The fraction of sp³-hybridized carbons (Fsp3) is 0.529. The van der Waals surface area contributed by atoms with E-state index in [1.54, 1.807) is 12.1 Å². The molecule has 7 nitrogen and oxygen atoms in total. The van der Waals surface area contributed by atoms with Crippen LogP contribution >= 0.6 is 0 Å². The largest absolute Gasteiger partial charge is 0.493 e. The molecule has 10 heteroatoms. The van der Waals surface area contributed by atoms with E-state index in [2.05, 4.69) is 10.6 Å². The van der Waals surface area contributed by atoms with Gasteiger partial charge in [0, 0.05) is 38.3 Å². The number of hydrogen-bond donors (Lipinski definition) is 3. The standard InChI is InChI=1S/C17H23F3N4O3/c18-17(19,20)14(24-7-5-22-6-8-24)11-23-15(25)4-9-27-13-3-1-2-12(10-13)16(21)26/h1-3,10,14,22H,4-9,11H2,(H2,21,26)(H,23,25). The van der Waals surface area contributed by atoms with Gasteiger partial charge < -0.3 is 21.1 Å². The fourth-order valence-corrected chi connectivity index (χ4v) is 2.75. The summed E-state index contributed by atoms with van der Waals surface area (Å²) in [5, 5.41) is 5.33. The molecule has 1 fully saturated rings. The van der Waals surface area contributed by atoms with Gasteiger partial charge in [0.05, 0.1) is 13.0 Å². The Kier molecular flexibility index (Phi) is 7.43. The van der Waals surface area contributed by atoms with Crippen molar-refractivity contribution < 1.29 is 27.5 Å². The van der Waals surface area contributed by atoms with Crippen molar-refractivity contribution in [1.29, 1.82) is 0 Å². The first-order chi connectivity index (χ1) is 12.8. The minimum Gasteiger partial charge on any atom is -0.493 e. The predicted molar refractivity (Wildman–Crippen MR) is 92.4 cm³/mol. The lowest BCUT2D eigenvalue weighted by atomic mass is 10.2. The smallest absolute Gasteiger partial charge is 0.405 e. The normalized spacial score (nSPS) is 16.6. The van der Waals surface area contributed by atoms with Crippen LogP contribution in [0.5, 0.6) is 5.75 Å². The number of rotatable bonds is 8. The van der Waals surface area contributed by atoms with Crippen LogP contribution in [0, 0.1) is 0 Å². The van der Waals surface area contributed by atoms with Gasteiger partial charge in [0.25, 0.3) is 0 Å². The zero-order valence-electron chi connectivity index (χ0n) is 14.7. The molecule has 1 saturated heterocycles. The lowest BCUT2D eigenvalue weighted by molar-refractivity contribution is -0.184. The van der Waals surface area contributed by atoms with E-state index in [4.69, 9.17) is 10.5 Å². The van der Waals surface area contributed by atoms with Crippen LogP contribution in [0.3, 0.4) is 0 Å². The van der Waals surface area contributed by atoms with Crippen LogP contribution in [0.1, 0.15) is 16.8 Å². The summed E-state index contributed by atoms with van der Waals surface area (Å²) in [6.45, 7) is 0.994. The number of carbonyl (C=O) groups excluding carboxylic acids is 2. The molecular formula is C17H23F3N4O3. The number of nitrogens with zero attached hydrogens (tertiary/aromatic N) is 1. The third-order valence-electron chi connectivity index (χ3n) is 4.18. The molecule has 0 bridgehead atoms. The molecule has 0 spiro atoms. The van der Waals surface area contributed by atoms with Crippen molar-refractivity contribution in [2.24, 2.45) is 5.73 Å². The third kappa shape index (κ3) is 6.72. The van der Waals surface area contributed by atoms with E-state index in [9.17, 15) is 22.8 Å². The number of primary amides is 1. The van der Waals surface area contributed by atoms with Crippen molar-refractivity contribution in [1.82, 2.24) is 15.5 Å². The first-order valence-electron chi connectivity index (χ1n) is 8.58. The van der Waals surface area contributed by atoms with Gasteiger partial charge in [-0.3, -0.25) is 14.5 Å². The van der Waals surface area contributed by atoms with Crippen LogP contribution in [0.25, 0.3) is 0 Å². The molecule has 1 unspecified atom stereocenters. The first kappa shape index (κ1) is 21.0. The van der Waals surface area contributed by atoms with Gasteiger partial charge in [-0.05, 0) is 18.2 Å². The zero-order valence-corrected chi connectivity index (χ0v) is 14.7. The maximum atomic E-state index is 13.3. The van der Waals surface area contributed by atoms with Gasteiger partial charge in [0.1, 0.15) is 11.8 Å². The predicted octanol–water partition coefficient (Wildman–Crippen LogP) is 0.507. The topological polar surface area (TPSA) is 96.7 Å². The number of hydrogen-bond acceptors (Lipinski definition) is 5. The number of carbonyl (C=O) groups is 2. The summed E-state index contributed by atoms with van der Waals surface area (Å²) in [4.78, 5) is 24.3. The number of nitrogens with one attached hydrogen (secondary N) is 2. The van der Waals surface area contributed by atoms with Gasteiger partial charge in [-0.25, -0.2) is 0 Å². The number of piperazine rings is 1. The van der Waals surface area contributed by atoms with Gasteiger partial charge in [0.15, 0.2) is 0 Å². The van der Waals surface area contributed by atoms with Crippen molar-refractivity contribution in [3.8, 4) is 5.75 Å². The number of benzene rings is 1. The van der Waals surface area contributed by atoms with Crippen LogP contribution in [0.2, 0.25) is 0 Å². The Balaban J connectivity index is 1.78. The summed E-state index contributed by atoms with van der Waals surface area (Å²) in [7, 11) is 0. The van der Waals surface area contributed by atoms with E-state index in [0.717, 1.165) is 0 Å². The average molecular weight is 388 g/mol. The van der Waals surface area contributed by atoms with Gasteiger partial charge in [-0.2, -0.15) is 13.2 Å². The van der Waals surface area contributed by atoms with Crippen LogP contribution in [0.4, 0.5) is 13.2 Å². The highest BCUT2D eigenvalue weighted by Gasteiger charge is 2.43. The average Bonchev–Trinajstić information content (AvgIpc) is 2.62. The van der Waals surface area contributed by atoms with Crippen molar-refractivity contribution in [2.45, 2.75) is 18.6 Å². The molecule has 0 radical (unpaired) electrons. The van der Waals surface area contributed by atoms with Crippen molar-refractivity contribution >= 4 is 11.8 Å². The Morgan fingerprint density at radius 3 is 2.63 bits per heavy atom. The molecule has 2 rings (SSSR count). The molecule has 4 N–H and O–H groups in total. The SMILES string of the molecule is NC(=O)c1cccc(OCCC(=O)NCC(N2CCNCC2)C(F)(F)F)c1. The Hall–Kier alpha value is -2.33. The van der Waals surface area contributed by atoms with E-state index in [-0.39, 0.29) is 31.7 Å². The molecule has 1 aliphatic heterocycles. The van der Waals surface area contributed by atoms with Crippen molar-refractivity contribution in [3.63, 3.8) is 0 Å². The van der Waals surface area contributed by atoms with Crippen LogP contribution < -0.4 is 21.1 Å². The van der Waals surface area contributed by atoms with Gasteiger partial charge in [0.2, 0.25) is 11.8 Å². The number of nitrogens with two attached hydrogens (primary N) is 1. The summed E-state index contributed by atoms with van der Waals surface area (Å²) < 4.78 is 45.1. The van der Waals surface area contributed by atoms with E-state index in [0.29, 0.717) is 18.8 Å². The molecule has 1 aromatic rings. The molecule has 0 aliphatic carbocycles. The maximum absolute atomic E-state index is 13.3. The number of ether oxygens (including phenoxy) is 1. The van der Waals surface area contributed by atoms with Crippen LogP contribution in [0.15, 0.2) is 24.3 Å². The van der Waals surface area contributed by atoms with Crippen molar-refractivity contribution in [2.75, 3.05) is 39.3 Å². The zero-order chi connectivity index (χ0) is 19.9. The minimum absolute atomic E-state index is 0.0294. The molecule has 1 aliphatic rings. The molecule has 2 amide bonds. The second kappa shape index (κ2) is 9.56. The lowest BCUT2D eigenvalue weighted by Crippen LogP contribution is -2.57. The summed E-state index contributed by atoms with van der Waals surface area (Å²) in [5.74, 6) is -0.789. The fourth-order valence-electron chi connectivity index (χ4n) is 2.75. The van der Waals surface area contributed by atoms with E-state index in [1.165, 1.54) is 17.0 Å². The Bertz CT molecular complexity index is 649. The van der Waals surface area contributed by atoms with Gasteiger partial charge in [-0.15, -0.1) is 0 Å². The molecule has 27 heavy (non-hydrogen) atoms. The molecule has 1 atom stereocenters. The highest BCUT2D eigenvalue weighted by molar-refractivity contribution is 5.93. The quantitative estimate of drug-likeness (QED) is 0.603. The number of halogens is 3. The first-order valence-corrected chi connectivity index (χ1v) is 8.58. The summed E-state index contributed by atoms with van der Waals surface area (Å²) in [5.41, 5.74) is 5.43. The minimum atomic E-state index is -4.42. The summed E-state index contributed by atoms with van der Waals surface area (Å²) >= 11 is 0. The molecular weight excluding hydrogens is 365 g/mol. The van der Waals surface area contributed by atoms with Crippen LogP contribution in [-0.2, 0) is 4.79 Å². The highest BCUT2D eigenvalue weighted by atomic mass is 19.4. The number of alkyl halides is 3. The molecule has 0 aromatic heterocycles. The number of amides is 2. The molecule has 0 saturated carbocycles. The third-order valence-corrected chi connectivity index (χ3v) is 4.18. The molecule has 150 valence electrons. The monoisotopic (exact) mass is 388 g/mol. The van der Waals surface area contributed by atoms with Crippen LogP contribution in [-0.4, -0.2) is 68.3 Å². The lowest BCUT2D eigenvalue weighted by Gasteiger charge is -2.35. The van der Waals surface area contributed by atoms with Crippen molar-refractivity contribution in [3.05, 3.63) is 29.8 Å².